The van der Waals surface area contributed by atoms with Gasteiger partial charge in [0, 0.05) is 49.7 Å². The summed E-state index contributed by atoms with van der Waals surface area (Å²) in [5, 5.41) is 10.4. The van der Waals surface area contributed by atoms with E-state index in [9.17, 15) is 4.79 Å². The Balaban J connectivity index is 0.00000364. The number of hydrogen-bond acceptors (Lipinski definition) is 4. The van der Waals surface area contributed by atoms with E-state index < -0.39 is 0 Å². The minimum Gasteiger partial charge on any atom is -0.357 e. The van der Waals surface area contributed by atoms with Crippen LogP contribution >= 0.6 is 35.3 Å². The molecule has 148 valence electrons. The lowest BCUT2D eigenvalue weighted by Crippen LogP contribution is -2.38. The van der Waals surface area contributed by atoms with Gasteiger partial charge >= 0.3 is 0 Å². The van der Waals surface area contributed by atoms with E-state index in [4.69, 9.17) is 0 Å². The average molecular weight is 501 g/mol. The molecule has 27 heavy (non-hydrogen) atoms. The van der Waals surface area contributed by atoms with Gasteiger partial charge < -0.3 is 16.0 Å². The third-order valence-corrected chi connectivity index (χ3v) is 4.70. The summed E-state index contributed by atoms with van der Waals surface area (Å²) in [4.78, 5) is 21.9. The number of hydrogen-bond donors (Lipinski definition) is 3. The fraction of sp³-hybridized carbons (Fsp3) is 0.421. The minimum atomic E-state index is -0.0628. The molecule has 0 aliphatic rings. The van der Waals surface area contributed by atoms with Crippen molar-refractivity contribution in [2.75, 3.05) is 26.7 Å². The molecule has 6 nitrogen and oxygen atoms in total. The first kappa shape index (κ1) is 23.4. The Morgan fingerprint density at radius 1 is 1.26 bits per heavy atom. The van der Waals surface area contributed by atoms with Gasteiger partial charge in [0.1, 0.15) is 0 Å². The maximum absolute atomic E-state index is 11.7. The highest BCUT2D eigenvalue weighted by molar-refractivity contribution is 14.0. The molecule has 8 heteroatoms. The highest BCUT2D eigenvalue weighted by Crippen LogP contribution is 2.11. The Bertz CT molecular complexity index is 747. The molecule has 1 aromatic carbocycles. The van der Waals surface area contributed by atoms with E-state index in [-0.39, 0.29) is 29.9 Å². The van der Waals surface area contributed by atoms with E-state index in [0.717, 1.165) is 42.5 Å². The van der Waals surface area contributed by atoms with Gasteiger partial charge in [0.05, 0.1) is 5.01 Å². The SMILES string of the molecule is CCNC(=NCCc1ncc(C)s1)NCCc1cccc(C(=O)NC)c1.I. The Labute approximate surface area is 182 Å². The van der Waals surface area contributed by atoms with Crippen LogP contribution in [0.5, 0.6) is 0 Å². The zero-order valence-electron chi connectivity index (χ0n) is 16.0. The number of rotatable bonds is 8. The second-order valence-electron chi connectivity index (χ2n) is 5.83. The van der Waals surface area contributed by atoms with Crippen LogP contribution in [0.15, 0.2) is 35.5 Å². The van der Waals surface area contributed by atoms with E-state index in [1.54, 1.807) is 18.4 Å². The van der Waals surface area contributed by atoms with Crippen LogP contribution in [0, 0.1) is 6.92 Å². The van der Waals surface area contributed by atoms with E-state index in [2.05, 4.69) is 32.9 Å². The van der Waals surface area contributed by atoms with Crippen LogP contribution in [0.2, 0.25) is 0 Å². The second kappa shape index (κ2) is 12.7. The summed E-state index contributed by atoms with van der Waals surface area (Å²) in [6.45, 7) is 6.38. The first-order chi connectivity index (χ1) is 12.6. The molecule has 0 saturated carbocycles. The molecule has 0 aliphatic heterocycles. The molecule has 1 amide bonds. The van der Waals surface area contributed by atoms with Gasteiger partial charge in [-0.2, -0.15) is 0 Å². The molecule has 2 aromatic rings. The summed E-state index contributed by atoms with van der Waals surface area (Å²) < 4.78 is 0. The summed E-state index contributed by atoms with van der Waals surface area (Å²) in [6, 6.07) is 7.69. The van der Waals surface area contributed by atoms with Crippen molar-refractivity contribution in [3.63, 3.8) is 0 Å². The first-order valence-corrected chi connectivity index (χ1v) is 9.68. The van der Waals surface area contributed by atoms with E-state index >= 15 is 0 Å². The molecule has 0 radical (unpaired) electrons. The lowest BCUT2D eigenvalue weighted by molar-refractivity contribution is 0.0963. The quantitative estimate of drug-likeness (QED) is 0.296. The first-order valence-electron chi connectivity index (χ1n) is 8.87. The third-order valence-electron chi connectivity index (χ3n) is 3.73. The maximum Gasteiger partial charge on any atom is 0.251 e. The van der Waals surface area contributed by atoms with Crippen molar-refractivity contribution >= 4 is 47.2 Å². The molecule has 1 heterocycles. The van der Waals surface area contributed by atoms with Crippen molar-refractivity contribution < 1.29 is 4.79 Å². The highest BCUT2D eigenvalue weighted by Gasteiger charge is 2.04. The molecule has 2 rings (SSSR count). The number of carbonyl (C=O) groups is 1. The number of aryl methyl sites for hydroxylation is 1. The van der Waals surface area contributed by atoms with Crippen molar-refractivity contribution in [3.05, 3.63) is 51.5 Å². The van der Waals surface area contributed by atoms with Crippen LogP contribution < -0.4 is 16.0 Å². The number of aliphatic imine (C=N–C) groups is 1. The van der Waals surface area contributed by atoms with E-state index in [0.29, 0.717) is 12.1 Å². The fourth-order valence-corrected chi connectivity index (χ4v) is 3.24. The van der Waals surface area contributed by atoms with Gasteiger partial charge in [-0.1, -0.05) is 12.1 Å². The normalized spacial score (nSPS) is 10.9. The molecule has 0 bridgehead atoms. The molecule has 0 unspecified atom stereocenters. The largest absolute Gasteiger partial charge is 0.357 e. The molecule has 1 aromatic heterocycles. The summed E-state index contributed by atoms with van der Waals surface area (Å²) >= 11 is 1.72. The monoisotopic (exact) mass is 501 g/mol. The van der Waals surface area contributed by atoms with Crippen molar-refractivity contribution in [3.8, 4) is 0 Å². The van der Waals surface area contributed by atoms with Crippen molar-refractivity contribution in [1.82, 2.24) is 20.9 Å². The number of nitrogens with zero attached hydrogens (tertiary/aromatic N) is 2. The lowest BCUT2D eigenvalue weighted by atomic mass is 10.1. The van der Waals surface area contributed by atoms with Gasteiger partial charge in [-0.05, 0) is 38.0 Å². The number of guanidine groups is 1. The Morgan fingerprint density at radius 2 is 2.07 bits per heavy atom. The van der Waals surface area contributed by atoms with Crippen LogP contribution in [0.1, 0.15) is 32.7 Å². The van der Waals surface area contributed by atoms with Crippen molar-refractivity contribution in [2.24, 2.45) is 4.99 Å². The number of benzene rings is 1. The highest BCUT2D eigenvalue weighted by atomic mass is 127. The number of amides is 1. The third kappa shape index (κ3) is 8.25. The number of thiazole rings is 1. The van der Waals surface area contributed by atoms with Gasteiger partial charge in [-0.3, -0.25) is 9.79 Å². The lowest BCUT2D eigenvalue weighted by Gasteiger charge is -2.11. The molecule has 0 atom stereocenters. The zero-order chi connectivity index (χ0) is 18.8. The van der Waals surface area contributed by atoms with Gasteiger partial charge in [-0.15, -0.1) is 35.3 Å². The maximum atomic E-state index is 11.7. The molecule has 0 aliphatic carbocycles. The number of carbonyl (C=O) groups excluding carboxylic acids is 1. The van der Waals surface area contributed by atoms with Crippen LogP contribution in [0.25, 0.3) is 0 Å². The van der Waals surface area contributed by atoms with E-state index in [1.807, 2.05) is 37.4 Å². The fourth-order valence-electron chi connectivity index (χ4n) is 2.46. The smallest absolute Gasteiger partial charge is 0.251 e. The summed E-state index contributed by atoms with van der Waals surface area (Å²) in [6.07, 6.45) is 3.57. The minimum absolute atomic E-state index is 0. The van der Waals surface area contributed by atoms with Crippen molar-refractivity contribution in [2.45, 2.75) is 26.7 Å². The Hall–Kier alpha value is -1.68. The van der Waals surface area contributed by atoms with Gasteiger partial charge in [0.25, 0.3) is 5.91 Å². The number of aromatic nitrogens is 1. The molecular weight excluding hydrogens is 473 g/mol. The van der Waals surface area contributed by atoms with Crippen LogP contribution in [-0.4, -0.2) is 43.5 Å². The standard InChI is InChI=1S/C19H27N5OS.HI/c1-4-21-19(23-11-9-17-24-13-14(2)26-17)22-10-8-15-6-5-7-16(12-15)18(25)20-3;/h5-7,12-13H,4,8-11H2,1-3H3,(H,20,25)(H2,21,22,23);1H. The predicted molar refractivity (Wildman–Crippen MR) is 123 cm³/mol. The number of nitrogens with one attached hydrogen (secondary N) is 3. The molecule has 3 N–H and O–H groups in total. The summed E-state index contributed by atoms with van der Waals surface area (Å²) in [5.41, 5.74) is 1.80. The van der Waals surface area contributed by atoms with Gasteiger partial charge in [0.2, 0.25) is 0 Å². The Kier molecular flexibility index (Phi) is 11.0. The van der Waals surface area contributed by atoms with Gasteiger partial charge in [-0.25, -0.2) is 4.98 Å². The predicted octanol–water partition coefficient (Wildman–Crippen LogP) is 2.77. The van der Waals surface area contributed by atoms with Gasteiger partial charge in [0.15, 0.2) is 5.96 Å². The van der Waals surface area contributed by atoms with E-state index in [1.165, 1.54) is 4.88 Å². The van der Waals surface area contributed by atoms with Crippen molar-refractivity contribution in [1.29, 1.82) is 0 Å². The molecule has 0 fully saturated rings. The molecular formula is C19H28IN5OS. The number of halogens is 1. The van der Waals surface area contributed by atoms with Crippen LogP contribution in [-0.2, 0) is 12.8 Å². The average Bonchev–Trinajstić information content (AvgIpc) is 3.06. The van der Waals surface area contributed by atoms with Crippen LogP contribution in [0.3, 0.4) is 0 Å². The molecule has 0 spiro atoms. The van der Waals surface area contributed by atoms with Crippen LogP contribution in [0.4, 0.5) is 0 Å². The zero-order valence-corrected chi connectivity index (χ0v) is 19.2. The molecule has 0 saturated heterocycles. The topological polar surface area (TPSA) is 78.4 Å². The summed E-state index contributed by atoms with van der Waals surface area (Å²) in [7, 11) is 1.64. The Morgan fingerprint density at radius 3 is 2.74 bits per heavy atom. The summed E-state index contributed by atoms with van der Waals surface area (Å²) in [5.74, 6) is 0.746. The second-order valence-corrected chi connectivity index (χ2v) is 7.15.